The van der Waals surface area contributed by atoms with Crippen molar-refractivity contribution in [3.8, 4) is 0 Å². The molecule has 3 rings (SSSR count). The number of aromatic nitrogens is 1. The smallest absolute Gasteiger partial charge is 0.0954 e. The van der Waals surface area contributed by atoms with E-state index in [4.69, 9.17) is 10.7 Å². The van der Waals surface area contributed by atoms with Crippen LogP contribution < -0.4 is 5.73 Å². The van der Waals surface area contributed by atoms with Gasteiger partial charge < -0.3 is 5.73 Å². The molecule has 0 bridgehead atoms. The van der Waals surface area contributed by atoms with Crippen molar-refractivity contribution in [1.82, 2.24) is 9.88 Å². The minimum atomic E-state index is 0.436. The summed E-state index contributed by atoms with van der Waals surface area (Å²) in [7, 11) is 0. The van der Waals surface area contributed by atoms with Gasteiger partial charge in [0.1, 0.15) is 0 Å². The van der Waals surface area contributed by atoms with Crippen molar-refractivity contribution in [3.05, 3.63) is 16.1 Å². The molecule has 1 saturated heterocycles. The van der Waals surface area contributed by atoms with E-state index in [0.717, 1.165) is 18.4 Å². The molecule has 3 nitrogen and oxygen atoms in total. The lowest BCUT2D eigenvalue weighted by atomic mass is 9.78. The summed E-state index contributed by atoms with van der Waals surface area (Å²) in [6.45, 7) is 7.86. The van der Waals surface area contributed by atoms with Crippen molar-refractivity contribution >= 4 is 11.3 Å². The Kier molecular flexibility index (Phi) is 3.92. The van der Waals surface area contributed by atoms with E-state index in [1.54, 1.807) is 11.3 Å². The lowest BCUT2D eigenvalue weighted by Crippen LogP contribution is -2.38. The molecule has 1 saturated carbocycles. The van der Waals surface area contributed by atoms with Crippen LogP contribution in [0.15, 0.2) is 5.38 Å². The highest BCUT2D eigenvalue weighted by atomic mass is 32.1. The third-order valence-corrected chi connectivity index (χ3v) is 5.87. The Morgan fingerprint density at radius 3 is 2.95 bits per heavy atom. The predicted molar refractivity (Wildman–Crippen MR) is 80.3 cm³/mol. The lowest BCUT2D eigenvalue weighted by Gasteiger charge is -2.29. The largest absolute Gasteiger partial charge is 0.327 e. The zero-order valence-corrected chi connectivity index (χ0v) is 12.8. The maximum absolute atomic E-state index is 6.28. The minimum Gasteiger partial charge on any atom is -0.327 e. The Morgan fingerprint density at radius 2 is 2.26 bits per heavy atom. The van der Waals surface area contributed by atoms with Crippen LogP contribution in [0.3, 0.4) is 0 Å². The fourth-order valence-corrected chi connectivity index (χ4v) is 4.45. The molecule has 0 radical (unpaired) electrons. The van der Waals surface area contributed by atoms with Crippen LogP contribution in [0.25, 0.3) is 0 Å². The molecule has 1 aliphatic heterocycles. The third kappa shape index (κ3) is 2.86. The monoisotopic (exact) mass is 279 g/mol. The molecule has 0 aromatic carbocycles. The van der Waals surface area contributed by atoms with Crippen LogP contribution in [-0.2, 0) is 6.54 Å². The van der Waals surface area contributed by atoms with E-state index < -0.39 is 0 Å². The van der Waals surface area contributed by atoms with Gasteiger partial charge in [0.05, 0.1) is 10.7 Å². The number of fused-ring (bicyclic) bond motifs is 1. The summed E-state index contributed by atoms with van der Waals surface area (Å²) in [5, 5.41) is 3.50. The SMILES string of the molecule is CC(C)c1nc(CN2CC3CCCC(N)C3C2)cs1. The number of nitrogens with zero attached hydrogens (tertiary/aromatic N) is 2. The van der Waals surface area contributed by atoms with E-state index in [2.05, 4.69) is 24.1 Å². The fourth-order valence-electron chi connectivity index (χ4n) is 3.63. The van der Waals surface area contributed by atoms with Crippen LogP contribution in [0.1, 0.15) is 49.7 Å². The van der Waals surface area contributed by atoms with Gasteiger partial charge in [-0.3, -0.25) is 4.90 Å². The molecular weight excluding hydrogens is 254 g/mol. The number of hydrogen-bond donors (Lipinski definition) is 1. The highest BCUT2D eigenvalue weighted by Gasteiger charge is 2.38. The van der Waals surface area contributed by atoms with Crippen molar-refractivity contribution in [1.29, 1.82) is 0 Å². The van der Waals surface area contributed by atoms with Crippen LogP contribution in [0.2, 0.25) is 0 Å². The molecule has 0 spiro atoms. The van der Waals surface area contributed by atoms with E-state index >= 15 is 0 Å². The standard InChI is InChI=1S/C15H25N3S/c1-10(2)15-17-12(9-19-15)7-18-6-11-4-3-5-14(16)13(11)8-18/h9-11,13-14H,3-8,16H2,1-2H3. The van der Waals surface area contributed by atoms with Gasteiger partial charge in [0.2, 0.25) is 0 Å². The first-order valence-corrected chi connectivity index (χ1v) is 8.43. The van der Waals surface area contributed by atoms with Gasteiger partial charge in [0.25, 0.3) is 0 Å². The van der Waals surface area contributed by atoms with Gasteiger partial charge in [-0.15, -0.1) is 11.3 Å². The summed E-state index contributed by atoms with van der Waals surface area (Å²) >= 11 is 1.80. The zero-order valence-electron chi connectivity index (χ0n) is 12.0. The second-order valence-electron chi connectivity index (χ2n) is 6.54. The van der Waals surface area contributed by atoms with E-state index in [1.165, 1.54) is 43.1 Å². The molecular formula is C15H25N3S. The number of likely N-dealkylation sites (tertiary alicyclic amines) is 1. The number of hydrogen-bond acceptors (Lipinski definition) is 4. The van der Waals surface area contributed by atoms with Gasteiger partial charge in [-0.05, 0) is 24.7 Å². The Morgan fingerprint density at radius 1 is 1.42 bits per heavy atom. The lowest BCUT2D eigenvalue weighted by molar-refractivity contribution is 0.259. The number of nitrogens with two attached hydrogens (primary N) is 1. The van der Waals surface area contributed by atoms with Gasteiger partial charge in [0, 0.05) is 37.0 Å². The summed E-state index contributed by atoms with van der Waals surface area (Å²) < 4.78 is 0. The molecule has 2 heterocycles. The van der Waals surface area contributed by atoms with Crippen LogP contribution in [-0.4, -0.2) is 29.0 Å². The zero-order chi connectivity index (χ0) is 13.4. The molecule has 19 heavy (non-hydrogen) atoms. The quantitative estimate of drug-likeness (QED) is 0.925. The van der Waals surface area contributed by atoms with E-state index in [9.17, 15) is 0 Å². The average molecular weight is 279 g/mol. The first-order valence-electron chi connectivity index (χ1n) is 7.55. The van der Waals surface area contributed by atoms with Gasteiger partial charge >= 0.3 is 0 Å². The molecule has 106 valence electrons. The van der Waals surface area contributed by atoms with Crippen molar-refractivity contribution in [3.63, 3.8) is 0 Å². The molecule has 2 aliphatic rings. The summed E-state index contributed by atoms with van der Waals surface area (Å²) in [6, 6.07) is 0.436. The normalized spacial score (nSPS) is 31.9. The Labute approximate surface area is 120 Å². The summed E-state index contributed by atoms with van der Waals surface area (Å²) in [5.74, 6) is 2.12. The molecule has 1 aliphatic carbocycles. The molecule has 0 amide bonds. The van der Waals surface area contributed by atoms with Crippen LogP contribution in [0, 0.1) is 11.8 Å². The second-order valence-corrected chi connectivity index (χ2v) is 7.43. The highest BCUT2D eigenvalue weighted by molar-refractivity contribution is 7.09. The molecule has 3 atom stereocenters. The van der Waals surface area contributed by atoms with Crippen molar-refractivity contribution in [2.45, 2.75) is 51.6 Å². The maximum atomic E-state index is 6.28. The molecule has 1 aromatic heterocycles. The summed E-state index contributed by atoms with van der Waals surface area (Å²) in [4.78, 5) is 7.32. The first-order chi connectivity index (χ1) is 9.13. The third-order valence-electron chi connectivity index (χ3n) is 4.68. The topological polar surface area (TPSA) is 42.2 Å². The van der Waals surface area contributed by atoms with Gasteiger partial charge in [-0.25, -0.2) is 4.98 Å². The molecule has 2 fully saturated rings. The van der Waals surface area contributed by atoms with E-state index in [1.807, 2.05) is 0 Å². The average Bonchev–Trinajstić information content (AvgIpc) is 2.96. The molecule has 4 heteroatoms. The van der Waals surface area contributed by atoms with E-state index in [-0.39, 0.29) is 0 Å². The predicted octanol–water partition coefficient (Wildman–Crippen LogP) is 2.83. The first kappa shape index (κ1) is 13.5. The van der Waals surface area contributed by atoms with Gasteiger partial charge in [-0.2, -0.15) is 0 Å². The Bertz CT molecular complexity index is 429. The fraction of sp³-hybridized carbons (Fsp3) is 0.800. The highest BCUT2D eigenvalue weighted by Crippen LogP contribution is 2.36. The van der Waals surface area contributed by atoms with Crippen molar-refractivity contribution in [2.75, 3.05) is 13.1 Å². The number of rotatable bonds is 3. The Hall–Kier alpha value is -0.450. The van der Waals surface area contributed by atoms with Gasteiger partial charge in [-0.1, -0.05) is 20.3 Å². The van der Waals surface area contributed by atoms with Crippen LogP contribution in [0.5, 0.6) is 0 Å². The van der Waals surface area contributed by atoms with Crippen molar-refractivity contribution < 1.29 is 0 Å². The van der Waals surface area contributed by atoms with Gasteiger partial charge in [0.15, 0.2) is 0 Å². The summed E-state index contributed by atoms with van der Waals surface area (Å²) in [5.41, 5.74) is 7.53. The van der Waals surface area contributed by atoms with Crippen molar-refractivity contribution in [2.24, 2.45) is 17.6 Å². The van der Waals surface area contributed by atoms with E-state index in [0.29, 0.717) is 12.0 Å². The van der Waals surface area contributed by atoms with Crippen LogP contribution >= 0.6 is 11.3 Å². The molecule has 1 aromatic rings. The number of thiazole rings is 1. The summed E-state index contributed by atoms with van der Waals surface area (Å²) in [6.07, 6.45) is 3.93. The Balaban J connectivity index is 1.61. The van der Waals surface area contributed by atoms with Crippen LogP contribution in [0.4, 0.5) is 0 Å². The molecule has 2 N–H and O–H groups in total. The maximum Gasteiger partial charge on any atom is 0.0954 e. The molecule has 3 unspecified atom stereocenters. The minimum absolute atomic E-state index is 0.436. The second kappa shape index (κ2) is 5.51.